The van der Waals surface area contributed by atoms with Crippen molar-refractivity contribution in [2.45, 2.75) is 62.8 Å². The zero-order valence-electron chi connectivity index (χ0n) is 23.0. The van der Waals surface area contributed by atoms with Crippen LogP contribution in [0.3, 0.4) is 0 Å². The van der Waals surface area contributed by atoms with Gasteiger partial charge >= 0.3 is 6.01 Å². The Hall–Kier alpha value is -3.15. The summed E-state index contributed by atoms with van der Waals surface area (Å²) in [5.74, 6) is 0.545. The van der Waals surface area contributed by atoms with Crippen LogP contribution in [0.1, 0.15) is 37.7 Å². The van der Waals surface area contributed by atoms with Crippen LogP contribution in [-0.2, 0) is 0 Å². The topological polar surface area (TPSA) is 92.4 Å². The minimum Gasteiger partial charge on any atom is -0.461 e. The number of benzene rings is 2. The van der Waals surface area contributed by atoms with Crippen molar-refractivity contribution in [3.8, 4) is 17.1 Å². The van der Waals surface area contributed by atoms with Crippen LogP contribution in [0.15, 0.2) is 24.3 Å². The lowest BCUT2D eigenvalue weighted by atomic mass is 9.95. The number of hydrogen-bond acceptors (Lipinski definition) is 9. The summed E-state index contributed by atoms with van der Waals surface area (Å²) < 4.78 is 35.9. The molecule has 41 heavy (non-hydrogen) atoms. The zero-order chi connectivity index (χ0) is 27.9. The van der Waals surface area contributed by atoms with Crippen LogP contribution < -0.4 is 20.7 Å². The van der Waals surface area contributed by atoms with Gasteiger partial charge in [-0.1, -0.05) is 17.4 Å². The number of nitrogen functional groups attached to an aromatic ring is 1. The summed E-state index contributed by atoms with van der Waals surface area (Å²) in [5, 5.41) is 5.00. The molecule has 2 aromatic heterocycles. The maximum absolute atomic E-state index is 14.6. The van der Waals surface area contributed by atoms with Gasteiger partial charge in [0.1, 0.15) is 24.4 Å². The normalized spacial score (nSPS) is 27.8. The second-order valence-electron chi connectivity index (χ2n) is 12.2. The summed E-state index contributed by atoms with van der Waals surface area (Å²) in [6, 6.07) is 8.56. The number of fused-ring (bicyclic) bond motifs is 5. The van der Waals surface area contributed by atoms with Crippen molar-refractivity contribution < 1.29 is 13.5 Å². The molecule has 8 rings (SSSR count). The molecular formula is C30H33F2N7OS. The van der Waals surface area contributed by atoms with Gasteiger partial charge in [-0.05, 0) is 68.5 Å². The molecular weight excluding hydrogens is 544 g/mol. The van der Waals surface area contributed by atoms with Crippen molar-refractivity contribution in [3.05, 3.63) is 35.6 Å². The van der Waals surface area contributed by atoms with Gasteiger partial charge in [0.05, 0.1) is 21.3 Å². The number of rotatable bonds is 5. The number of alkyl halides is 1. The summed E-state index contributed by atoms with van der Waals surface area (Å²) in [6.07, 6.45) is 3.98. The van der Waals surface area contributed by atoms with Gasteiger partial charge in [0, 0.05) is 49.1 Å². The van der Waals surface area contributed by atoms with Gasteiger partial charge in [-0.15, -0.1) is 0 Å². The van der Waals surface area contributed by atoms with Gasteiger partial charge in [-0.2, -0.15) is 9.97 Å². The quantitative estimate of drug-likeness (QED) is 0.349. The van der Waals surface area contributed by atoms with Gasteiger partial charge in [0.15, 0.2) is 5.13 Å². The number of nitrogens with two attached hydrogens (primary N) is 1. The third-order valence-corrected chi connectivity index (χ3v) is 10.5. The average Bonchev–Trinajstić information content (AvgIpc) is 3.70. The Balaban J connectivity index is 1.24. The summed E-state index contributed by atoms with van der Waals surface area (Å²) in [4.78, 5) is 19.0. The second-order valence-corrected chi connectivity index (χ2v) is 13.2. The van der Waals surface area contributed by atoms with Crippen LogP contribution in [-0.4, -0.2) is 76.4 Å². The molecule has 214 valence electrons. The first-order chi connectivity index (χ1) is 19.9. The lowest BCUT2D eigenvalue weighted by Gasteiger charge is -2.35. The molecule has 3 N–H and O–H groups in total. The number of aromatic nitrogens is 3. The number of nitrogens with zero attached hydrogens (tertiary/aromatic N) is 5. The van der Waals surface area contributed by atoms with Gasteiger partial charge in [-0.3, -0.25) is 4.90 Å². The molecule has 4 aromatic rings. The standard InChI is InChI=1S/C30H33F2N7OS/c1-16-20(21-7-8-23(32)26-25(21)35-28(33)41-26)5-6-22-24(16)36-29(37-27(22)38-13-18-3-4-19(14-38)34-18)40-15-30-9-2-10-39(30)12-17(31)11-30/h5-8,17-19,34H,2-4,9-15H2,1H3,(H2,33,35)/t17-,18-,19+,30+/m1/s1. The lowest BCUT2D eigenvalue weighted by molar-refractivity contribution is 0.107. The summed E-state index contributed by atoms with van der Waals surface area (Å²) in [6.45, 7) is 5.55. The second kappa shape index (κ2) is 9.43. The number of anilines is 2. The number of nitrogens with one attached hydrogen (secondary N) is 1. The van der Waals surface area contributed by atoms with Crippen LogP contribution in [0.4, 0.5) is 19.7 Å². The zero-order valence-corrected chi connectivity index (χ0v) is 23.8. The number of halogens is 2. The molecule has 0 saturated carbocycles. The van der Waals surface area contributed by atoms with E-state index in [-0.39, 0.29) is 11.4 Å². The Morgan fingerprint density at radius 1 is 1.07 bits per heavy atom. The number of ether oxygens (including phenoxy) is 1. The van der Waals surface area contributed by atoms with E-state index in [0.29, 0.717) is 53.0 Å². The van der Waals surface area contributed by atoms with Crippen molar-refractivity contribution in [2.75, 3.05) is 43.4 Å². The van der Waals surface area contributed by atoms with Crippen molar-refractivity contribution in [1.82, 2.24) is 25.2 Å². The Labute approximate surface area is 240 Å². The monoisotopic (exact) mass is 577 g/mol. The van der Waals surface area contributed by atoms with E-state index in [0.717, 1.165) is 90.1 Å². The Morgan fingerprint density at radius 3 is 2.71 bits per heavy atom. The van der Waals surface area contributed by atoms with Crippen molar-refractivity contribution in [1.29, 1.82) is 0 Å². The fourth-order valence-corrected chi connectivity index (χ4v) is 8.48. The average molecular weight is 578 g/mol. The van der Waals surface area contributed by atoms with Gasteiger partial charge < -0.3 is 20.7 Å². The van der Waals surface area contributed by atoms with Crippen LogP contribution in [0.5, 0.6) is 6.01 Å². The first-order valence-electron chi connectivity index (χ1n) is 14.6. The van der Waals surface area contributed by atoms with Gasteiger partial charge in [-0.25, -0.2) is 13.8 Å². The van der Waals surface area contributed by atoms with Crippen LogP contribution in [0.25, 0.3) is 32.2 Å². The number of hydrogen-bond donors (Lipinski definition) is 2. The Morgan fingerprint density at radius 2 is 1.88 bits per heavy atom. The predicted octanol–water partition coefficient (Wildman–Crippen LogP) is 4.83. The highest BCUT2D eigenvalue weighted by atomic mass is 32.1. The molecule has 4 fully saturated rings. The summed E-state index contributed by atoms with van der Waals surface area (Å²) in [7, 11) is 0. The van der Waals surface area contributed by atoms with Crippen LogP contribution in [0, 0.1) is 12.7 Å². The maximum Gasteiger partial charge on any atom is 0.319 e. The molecule has 0 unspecified atom stereocenters. The third kappa shape index (κ3) is 4.15. The number of piperazine rings is 1. The fraction of sp³-hybridized carbons (Fsp3) is 0.500. The van der Waals surface area contributed by atoms with Crippen molar-refractivity contribution in [2.24, 2.45) is 0 Å². The molecule has 0 aliphatic carbocycles. The maximum atomic E-state index is 14.6. The number of thiazole rings is 1. The Kier molecular flexibility index (Phi) is 5.88. The van der Waals surface area contributed by atoms with Crippen LogP contribution in [0.2, 0.25) is 0 Å². The molecule has 0 radical (unpaired) electrons. The largest absolute Gasteiger partial charge is 0.461 e. The van der Waals surface area contributed by atoms with E-state index in [1.807, 2.05) is 6.92 Å². The van der Waals surface area contributed by atoms with E-state index in [9.17, 15) is 8.78 Å². The van der Waals surface area contributed by atoms with Crippen molar-refractivity contribution in [3.63, 3.8) is 0 Å². The molecule has 4 atom stereocenters. The minimum atomic E-state index is -0.819. The summed E-state index contributed by atoms with van der Waals surface area (Å²) in [5.41, 5.74) is 9.73. The molecule has 8 nitrogen and oxygen atoms in total. The molecule has 2 bridgehead atoms. The SMILES string of the molecule is Cc1c(-c2ccc(F)c3sc(N)nc23)ccc2c(N3C[C@H]4CC[C@@H](C3)N4)nc(OC[C@@]34CCCN3C[C@H](F)C4)nc12. The molecule has 4 saturated heterocycles. The fourth-order valence-electron chi connectivity index (χ4n) is 7.72. The first kappa shape index (κ1) is 25.6. The van der Waals surface area contributed by atoms with Crippen LogP contribution >= 0.6 is 11.3 Å². The Bertz CT molecular complexity index is 1670. The van der Waals surface area contributed by atoms with E-state index in [1.54, 1.807) is 6.07 Å². The smallest absolute Gasteiger partial charge is 0.319 e. The van der Waals surface area contributed by atoms with Gasteiger partial charge in [0.2, 0.25) is 0 Å². The molecule has 4 aliphatic rings. The van der Waals surface area contributed by atoms with E-state index >= 15 is 0 Å². The molecule has 0 spiro atoms. The minimum absolute atomic E-state index is 0.285. The van der Waals surface area contributed by atoms with E-state index in [2.05, 4.69) is 32.2 Å². The third-order valence-electron chi connectivity index (χ3n) is 9.63. The van der Waals surface area contributed by atoms with E-state index < -0.39 is 6.17 Å². The molecule has 0 amide bonds. The molecule has 11 heteroatoms. The van der Waals surface area contributed by atoms with Crippen molar-refractivity contribution >= 4 is 43.4 Å². The highest BCUT2D eigenvalue weighted by molar-refractivity contribution is 7.22. The first-order valence-corrected chi connectivity index (χ1v) is 15.4. The molecule has 2 aromatic carbocycles. The number of aryl methyl sites for hydroxylation is 1. The summed E-state index contributed by atoms with van der Waals surface area (Å²) >= 11 is 1.16. The molecule has 6 heterocycles. The predicted molar refractivity (Wildman–Crippen MR) is 158 cm³/mol. The molecule has 4 aliphatic heterocycles. The van der Waals surface area contributed by atoms with E-state index in [4.69, 9.17) is 20.4 Å². The highest BCUT2D eigenvalue weighted by Gasteiger charge is 2.49. The highest BCUT2D eigenvalue weighted by Crippen LogP contribution is 2.42. The lowest BCUT2D eigenvalue weighted by Crippen LogP contribution is -2.51. The van der Waals surface area contributed by atoms with E-state index in [1.165, 1.54) is 6.07 Å². The van der Waals surface area contributed by atoms with Gasteiger partial charge in [0.25, 0.3) is 0 Å².